The molecule has 0 aliphatic heterocycles. The number of thioether (sulfide) groups is 1. The van der Waals surface area contributed by atoms with Crippen LogP contribution in [0.15, 0.2) is 23.1 Å². The monoisotopic (exact) mass is 368 g/mol. The highest BCUT2D eigenvalue weighted by atomic mass is 32.2. The van der Waals surface area contributed by atoms with Crippen molar-refractivity contribution in [1.29, 1.82) is 5.26 Å². The molecule has 2 aliphatic carbocycles. The smallest absolute Gasteiger partial charge is 0.225 e. The molecule has 5 heteroatoms. The van der Waals surface area contributed by atoms with E-state index in [1.54, 1.807) is 23.1 Å². The third kappa shape index (κ3) is 3.47. The molecule has 0 fully saturated rings. The number of anilines is 1. The maximum atomic E-state index is 12.3. The molecule has 1 aromatic heterocycles. The topological polar surface area (TPSA) is 52.9 Å². The summed E-state index contributed by atoms with van der Waals surface area (Å²) in [6.45, 7) is 0. The molecular weight excluding hydrogens is 348 g/mol. The van der Waals surface area contributed by atoms with E-state index in [4.69, 9.17) is 0 Å². The van der Waals surface area contributed by atoms with Crippen LogP contribution in [0.5, 0.6) is 0 Å². The van der Waals surface area contributed by atoms with Crippen LogP contribution in [0, 0.1) is 11.3 Å². The standard InChI is InChI=1S/C20H20N2OS2/c21-12-17-16-5-2-6-18(16)25-20(17)22-19(23)9-10-24-15-8-7-13-3-1-4-14(13)11-15/h7-8,11H,1-6,9-10H2,(H,22,23). The lowest BCUT2D eigenvalue weighted by molar-refractivity contribution is -0.115. The average Bonchev–Trinajstić information content (AvgIpc) is 3.29. The number of nitrogens with one attached hydrogen (secondary N) is 1. The maximum absolute atomic E-state index is 12.3. The number of hydrogen-bond donors (Lipinski definition) is 1. The summed E-state index contributed by atoms with van der Waals surface area (Å²) in [5, 5.41) is 13.1. The van der Waals surface area contributed by atoms with Crippen molar-refractivity contribution in [3.63, 3.8) is 0 Å². The highest BCUT2D eigenvalue weighted by Gasteiger charge is 2.23. The predicted molar refractivity (Wildman–Crippen MR) is 103 cm³/mol. The number of aryl methyl sites for hydroxylation is 3. The first kappa shape index (κ1) is 16.7. The van der Waals surface area contributed by atoms with Crippen LogP contribution in [0.2, 0.25) is 0 Å². The molecule has 1 aromatic carbocycles. The van der Waals surface area contributed by atoms with E-state index in [-0.39, 0.29) is 5.91 Å². The Morgan fingerprint density at radius 2 is 2.04 bits per heavy atom. The fourth-order valence-electron chi connectivity index (χ4n) is 3.70. The van der Waals surface area contributed by atoms with Gasteiger partial charge in [-0.15, -0.1) is 23.1 Å². The molecule has 0 bridgehead atoms. The second-order valence-electron chi connectivity index (χ2n) is 6.60. The molecule has 4 rings (SSSR count). The summed E-state index contributed by atoms with van der Waals surface area (Å²) in [5.74, 6) is 0.766. The average molecular weight is 369 g/mol. The van der Waals surface area contributed by atoms with Crippen molar-refractivity contribution in [2.24, 2.45) is 0 Å². The van der Waals surface area contributed by atoms with Crippen LogP contribution in [0.3, 0.4) is 0 Å². The van der Waals surface area contributed by atoms with Crippen molar-refractivity contribution in [2.75, 3.05) is 11.1 Å². The molecular formula is C20H20N2OS2. The van der Waals surface area contributed by atoms with Gasteiger partial charge in [-0.3, -0.25) is 4.79 Å². The number of amides is 1. The Hall–Kier alpha value is -1.77. The van der Waals surface area contributed by atoms with E-state index < -0.39 is 0 Å². The number of thiophene rings is 1. The van der Waals surface area contributed by atoms with Crippen molar-refractivity contribution < 1.29 is 4.79 Å². The maximum Gasteiger partial charge on any atom is 0.225 e. The Labute approximate surface area is 156 Å². The van der Waals surface area contributed by atoms with Gasteiger partial charge >= 0.3 is 0 Å². The van der Waals surface area contributed by atoms with Crippen LogP contribution in [-0.2, 0) is 30.5 Å². The van der Waals surface area contributed by atoms with E-state index in [1.165, 1.54) is 40.2 Å². The lowest BCUT2D eigenvalue weighted by Crippen LogP contribution is -2.12. The zero-order valence-electron chi connectivity index (χ0n) is 14.1. The van der Waals surface area contributed by atoms with Gasteiger partial charge in [0.15, 0.2) is 0 Å². The second-order valence-corrected chi connectivity index (χ2v) is 8.88. The van der Waals surface area contributed by atoms with E-state index in [0.29, 0.717) is 12.0 Å². The Kier molecular flexibility index (Phi) is 4.82. The molecule has 0 radical (unpaired) electrons. The number of benzene rings is 1. The molecule has 0 saturated heterocycles. The Morgan fingerprint density at radius 3 is 2.92 bits per heavy atom. The minimum atomic E-state index is 0.00471. The normalized spacial score (nSPS) is 14.8. The van der Waals surface area contributed by atoms with Gasteiger partial charge < -0.3 is 5.32 Å². The summed E-state index contributed by atoms with van der Waals surface area (Å²) in [5.41, 5.74) is 4.81. The SMILES string of the molecule is N#Cc1c(NC(=O)CCSc2ccc3c(c2)CCC3)sc2c1CCC2. The van der Waals surface area contributed by atoms with Gasteiger partial charge in [-0.25, -0.2) is 0 Å². The first-order valence-corrected chi connectivity index (χ1v) is 10.6. The molecule has 0 atom stereocenters. The molecule has 1 amide bonds. The third-order valence-corrected chi connectivity index (χ3v) is 7.16. The van der Waals surface area contributed by atoms with E-state index in [1.807, 2.05) is 0 Å². The summed E-state index contributed by atoms with van der Waals surface area (Å²) in [6.07, 6.45) is 7.25. The van der Waals surface area contributed by atoms with Gasteiger partial charge in [-0.2, -0.15) is 5.26 Å². The quantitative estimate of drug-likeness (QED) is 0.777. The van der Waals surface area contributed by atoms with Gasteiger partial charge in [-0.1, -0.05) is 6.07 Å². The van der Waals surface area contributed by atoms with E-state index in [9.17, 15) is 10.1 Å². The molecule has 2 aromatic rings. The number of fused-ring (bicyclic) bond motifs is 2. The molecule has 25 heavy (non-hydrogen) atoms. The zero-order valence-corrected chi connectivity index (χ0v) is 15.7. The predicted octanol–water partition coefficient (Wildman–Crippen LogP) is 4.72. The van der Waals surface area contributed by atoms with Gasteiger partial charge in [0.05, 0.1) is 5.56 Å². The summed E-state index contributed by atoms with van der Waals surface area (Å²) in [4.78, 5) is 14.8. The fraction of sp³-hybridized carbons (Fsp3) is 0.400. The van der Waals surface area contributed by atoms with Gasteiger partial charge in [-0.05, 0) is 67.3 Å². The Balaban J connectivity index is 1.32. The first-order valence-electron chi connectivity index (χ1n) is 8.83. The fourth-order valence-corrected chi connectivity index (χ4v) is 5.87. The minimum Gasteiger partial charge on any atom is -0.317 e. The highest BCUT2D eigenvalue weighted by Crippen LogP contribution is 2.38. The van der Waals surface area contributed by atoms with Crippen molar-refractivity contribution >= 4 is 34.0 Å². The molecule has 0 spiro atoms. The van der Waals surface area contributed by atoms with Crippen molar-refractivity contribution in [3.8, 4) is 6.07 Å². The van der Waals surface area contributed by atoms with E-state index in [0.717, 1.165) is 35.6 Å². The second kappa shape index (κ2) is 7.23. The number of nitrogens with zero attached hydrogens (tertiary/aromatic N) is 1. The van der Waals surface area contributed by atoms with Gasteiger partial charge in [0, 0.05) is 21.9 Å². The summed E-state index contributed by atoms with van der Waals surface area (Å²) in [7, 11) is 0. The molecule has 3 nitrogen and oxygen atoms in total. The molecule has 0 saturated carbocycles. The van der Waals surface area contributed by atoms with Gasteiger partial charge in [0.1, 0.15) is 11.1 Å². The Morgan fingerprint density at radius 1 is 1.20 bits per heavy atom. The van der Waals surface area contributed by atoms with Gasteiger partial charge in [0.25, 0.3) is 0 Å². The van der Waals surface area contributed by atoms with E-state index in [2.05, 4.69) is 29.6 Å². The first-order chi connectivity index (χ1) is 12.2. The van der Waals surface area contributed by atoms with Gasteiger partial charge in [0.2, 0.25) is 5.91 Å². The third-order valence-electron chi connectivity index (χ3n) is 4.95. The lowest BCUT2D eigenvalue weighted by atomic mass is 10.1. The van der Waals surface area contributed by atoms with Crippen molar-refractivity contribution in [2.45, 2.75) is 49.8 Å². The number of carbonyl (C=O) groups is 1. The molecule has 128 valence electrons. The number of hydrogen-bond acceptors (Lipinski definition) is 4. The number of nitriles is 1. The zero-order chi connectivity index (χ0) is 17.2. The van der Waals surface area contributed by atoms with E-state index >= 15 is 0 Å². The van der Waals surface area contributed by atoms with Crippen LogP contribution in [0.25, 0.3) is 0 Å². The minimum absolute atomic E-state index is 0.00471. The summed E-state index contributed by atoms with van der Waals surface area (Å²) >= 11 is 3.32. The summed E-state index contributed by atoms with van der Waals surface area (Å²) < 4.78 is 0. The molecule has 2 aliphatic rings. The molecule has 1 N–H and O–H groups in total. The van der Waals surface area contributed by atoms with Crippen LogP contribution in [-0.4, -0.2) is 11.7 Å². The van der Waals surface area contributed by atoms with Crippen molar-refractivity contribution in [1.82, 2.24) is 0 Å². The van der Waals surface area contributed by atoms with Crippen LogP contribution >= 0.6 is 23.1 Å². The summed E-state index contributed by atoms with van der Waals surface area (Å²) in [6, 6.07) is 8.96. The van der Waals surface area contributed by atoms with Crippen molar-refractivity contribution in [3.05, 3.63) is 45.3 Å². The van der Waals surface area contributed by atoms with Crippen LogP contribution < -0.4 is 5.32 Å². The highest BCUT2D eigenvalue weighted by molar-refractivity contribution is 7.99. The van der Waals surface area contributed by atoms with Crippen LogP contribution in [0.4, 0.5) is 5.00 Å². The lowest BCUT2D eigenvalue weighted by Gasteiger charge is -2.06. The molecule has 1 heterocycles. The molecule has 0 unspecified atom stereocenters. The number of carbonyl (C=O) groups excluding carboxylic acids is 1. The largest absolute Gasteiger partial charge is 0.317 e. The number of rotatable bonds is 5. The Bertz CT molecular complexity index is 863. The van der Waals surface area contributed by atoms with Crippen LogP contribution in [0.1, 0.15) is 46.4 Å².